The largest absolute Gasteiger partial charge is 0.466 e. The molecule has 0 atom stereocenters. The Labute approximate surface area is 92.2 Å². The highest BCUT2D eigenvalue weighted by Crippen LogP contribution is 2.07. The van der Waals surface area contributed by atoms with Gasteiger partial charge in [-0.25, -0.2) is 4.98 Å². The van der Waals surface area contributed by atoms with Crippen LogP contribution in [0.15, 0.2) is 18.2 Å². The van der Waals surface area contributed by atoms with Crippen molar-refractivity contribution in [2.75, 3.05) is 6.61 Å². The molecule has 5 heteroatoms. The summed E-state index contributed by atoms with van der Waals surface area (Å²) in [7, 11) is 0. The van der Waals surface area contributed by atoms with Crippen LogP contribution >= 0.6 is 11.6 Å². The van der Waals surface area contributed by atoms with E-state index in [0.717, 1.165) is 0 Å². The first-order valence-corrected chi connectivity index (χ1v) is 4.82. The number of ketones is 1. The van der Waals surface area contributed by atoms with Gasteiger partial charge in [0.2, 0.25) is 0 Å². The molecule has 0 unspecified atom stereocenters. The smallest absolute Gasteiger partial charge is 0.313 e. The predicted octanol–water partition coefficient (Wildman–Crippen LogP) is 1.87. The van der Waals surface area contributed by atoms with Crippen molar-refractivity contribution in [3.8, 4) is 0 Å². The number of carbonyl (C=O) groups is 2. The van der Waals surface area contributed by atoms with E-state index in [2.05, 4.69) is 9.72 Å². The van der Waals surface area contributed by atoms with Crippen LogP contribution in [0.4, 0.5) is 0 Å². The molecule has 0 spiro atoms. The second kappa shape index (κ2) is 5.46. The van der Waals surface area contributed by atoms with Crippen molar-refractivity contribution < 1.29 is 14.3 Å². The number of halogens is 1. The van der Waals surface area contributed by atoms with Crippen LogP contribution < -0.4 is 0 Å². The van der Waals surface area contributed by atoms with E-state index < -0.39 is 11.8 Å². The summed E-state index contributed by atoms with van der Waals surface area (Å²) < 4.78 is 4.64. The predicted molar refractivity (Wildman–Crippen MR) is 54.8 cm³/mol. The molecular formula is C10H10ClNO3. The third-order valence-electron chi connectivity index (χ3n) is 1.61. The monoisotopic (exact) mass is 227 g/mol. The molecule has 0 bridgehead atoms. The molecule has 0 N–H and O–H groups in total. The van der Waals surface area contributed by atoms with E-state index in [1.165, 1.54) is 6.07 Å². The molecule has 1 heterocycles. The molecule has 0 radical (unpaired) electrons. The van der Waals surface area contributed by atoms with E-state index in [1.54, 1.807) is 19.1 Å². The molecule has 1 rings (SSSR count). The third-order valence-corrected chi connectivity index (χ3v) is 1.82. The van der Waals surface area contributed by atoms with Crippen LogP contribution in [0.3, 0.4) is 0 Å². The fourth-order valence-corrected chi connectivity index (χ4v) is 1.16. The Morgan fingerprint density at radius 2 is 2.20 bits per heavy atom. The van der Waals surface area contributed by atoms with Crippen molar-refractivity contribution in [1.82, 2.24) is 4.98 Å². The Bertz CT molecular complexity index is 379. The van der Waals surface area contributed by atoms with Crippen LogP contribution in [0.25, 0.3) is 0 Å². The number of hydrogen-bond acceptors (Lipinski definition) is 4. The van der Waals surface area contributed by atoms with E-state index in [1.807, 2.05) is 0 Å². The van der Waals surface area contributed by atoms with E-state index in [0.29, 0.717) is 0 Å². The highest BCUT2D eigenvalue weighted by atomic mass is 35.5. The Morgan fingerprint density at radius 1 is 1.47 bits per heavy atom. The first kappa shape index (κ1) is 11.7. The summed E-state index contributed by atoms with van der Waals surface area (Å²) in [6.07, 6.45) is -0.304. The second-order valence-electron chi connectivity index (χ2n) is 2.75. The van der Waals surface area contributed by atoms with Gasteiger partial charge < -0.3 is 4.74 Å². The Morgan fingerprint density at radius 3 is 2.80 bits per heavy atom. The Hall–Kier alpha value is -1.42. The van der Waals surface area contributed by atoms with E-state index in [9.17, 15) is 9.59 Å². The normalized spacial score (nSPS) is 9.73. The first-order valence-electron chi connectivity index (χ1n) is 4.45. The molecule has 0 saturated heterocycles. The van der Waals surface area contributed by atoms with E-state index in [-0.39, 0.29) is 23.9 Å². The highest BCUT2D eigenvalue weighted by molar-refractivity contribution is 6.29. The zero-order valence-corrected chi connectivity index (χ0v) is 8.95. The minimum atomic E-state index is -0.552. The van der Waals surface area contributed by atoms with Gasteiger partial charge in [-0.05, 0) is 19.1 Å². The van der Waals surface area contributed by atoms with Crippen molar-refractivity contribution in [1.29, 1.82) is 0 Å². The number of ether oxygens (including phenoxy) is 1. The average Bonchev–Trinajstić information content (AvgIpc) is 2.18. The minimum absolute atomic E-state index is 0.176. The lowest BCUT2D eigenvalue weighted by Gasteiger charge is -2.01. The number of esters is 1. The van der Waals surface area contributed by atoms with Crippen LogP contribution in [0.5, 0.6) is 0 Å². The number of nitrogens with zero attached hydrogens (tertiary/aromatic N) is 1. The quantitative estimate of drug-likeness (QED) is 0.341. The Kier molecular flexibility index (Phi) is 4.24. The summed E-state index contributed by atoms with van der Waals surface area (Å²) in [4.78, 5) is 26.3. The maximum absolute atomic E-state index is 11.5. The average molecular weight is 228 g/mol. The van der Waals surface area contributed by atoms with Crippen molar-refractivity contribution in [2.45, 2.75) is 13.3 Å². The fraction of sp³-hybridized carbons (Fsp3) is 0.300. The molecule has 1 aromatic rings. The zero-order chi connectivity index (χ0) is 11.3. The summed E-state index contributed by atoms with van der Waals surface area (Å²) in [5.41, 5.74) is 0.176. The molecular weight excluding hydrogens is 218 g/mol. The number of hydrogen-bond donors (Lipinski definition) is 0. The van der Waals surface area contributed by atoms with Crippen LogP contribution in [0.1, 0.15) is 23.8 Å². The topological polar surface area (TPSA) is 56.3 Å². The molecule has 1 aromatic heterocycles. The summed E-state index contributed by atoms with van der Waals surface area (Å²) in [5, 5.41) is 0.227. The van der Waals surface area contributed by atoms with Crippen molar-refractivity contribution >= 4 is 23.4 Å². The SMILES string of the molecule is CCOC(=O)CC(=O)c1cccc(Cl)n1. The van der Waals surface area contributed by atoms with Gasteiger partial charge >= 0.3 is 5.97 Å². The first-order chi connectivity index (χ1) is 7.13. The Balaban J connectivity index is 2.65. The minimum Gasteiger partial charge on any atom is -0.466 e. The third kappa shape index (κ3) is 3.67. The van der Waals surface area contributed by atoms with Crippen molar-refractivity contribution in [3.63, 3.8) is 0 Å². The number of pyridine rings is 1. The lowest BCUT2D eigenvalue weighted by molar-refractivity contribution is -0.141. The summed E-state index contributed by atoms with van der Waals surface area (Å²) >= 11 is 5.61. The molecule has 4 nitrogen and oxygen atoms in total. The van der Waals surface area contributed by atoms with Crippen molar-refractivity contribution in [3.05, 3.63) is 29.0 Å². The van der Waals surface area contributed by atoms with Crippen LogP contribution in [-0.4, -0.2) is 23.3 Å². The molecule has 0 saturated carbocycles. The molecule has 0 aromatic carbocycles. The maximum atomic E-state index is 11.5. The molecule has 0 aliphatic heterocycles. The van der Waals surface area contributed by atoms with E-state index in [4.69, 9.17) is 11.6 Å². The van der Waals surface area contributed by atoms with Gasteiger partial charge in [-0.1, -0.05) is 17.7 Å². The lowest BCUT2D eigenvalue weighted by Crippen LogP contribution is -2.12. The number of Topliss-reactive ketones (excluding diaryl/α,β-unsaturated/α-hetero) is 1. The van der Waals surface area contributed by atoms with Gasteiger partial charge in [-0.3, -0.25) is 9.59 Å². The van der Waals surface area contributed by atoms with Crippen LogP contribution in [-0.2, 0) is 9.53 Å². The summed E-state index contributed by atoms with van der Waals surface area (Å²) in [6, 6.07) is 4.67. The highest BCUT2D eigenvalue weighted by Gasteiger charge is 2.13. The number of aromatic nitrogens is 1. The van der Waals surface area contributed by atoms with Crippen LogP contribution in [0, 0.1) is 0 Å². The standard InChI is InChI=1S/C10H10ClNO3/c1-2-15-10(14)6-8(13)7-4-3-5-9(11)12-7/h3-5H,2,6H2,1H3. The van der Waals surface area contributed by atoms with Gasteiger partial charge in [0.05, 0.1) is 6.61 Å². The van der Waals surface area contributed by atoms with Gasteiger partial charge in [-0.2, -0.15) is 0 Å². The van der Waals surface area contributed by atoms with Crippen molar-refractivity contribution in [2.24, 2.45) is 0 Å². The van der Waals surface area contributed by atoms with Gasteiger partial charge in [0, 0.05) is 0 Å². The van der Waals surface area contributed by atoms with Gasteiger partial charge in [0.1, 0.15) is 17.3 Å². The summed E-state index contributed by atoms with van der Waals surface area (Å²) in [5.74, 6) is -0.944. The maximum Gasteiger partial charge on any atom is 0.313 e. The van der Waals surface area contributed by atoms with Gasteiger partial charge in [-0.15, -0.1) is 0 Å². The fourth-order valence-electron chi connectivity index (χ4n) is 0.997. The van der Waals surface area contributed by atoms with Gasteiger partial charge in [0.15, 0.2) is 5.78 Å². The van der Waals surface area contributed by atoms with E-state index >= 15 is 0 Å². The molecule has 0 aliphatic carbocycles. The van der Waals surface area contributed by atoms with Crippen LogP contribution in [0.2, 0.25) is 5.15 Å². The molecule has 0 amide bonds. The molecule has 0 aliphatic rings. The summed E-state index contributed by atoms with van der Waals surface area (Å²) in [6.45, 7) is 1.94. The lowest BCUT2D eigenvalue weighted by atomic mass is 10.2. The number of carbonyl (C=O) groups excluding carboxylic acids is 2. The molecule has 80 valence electrons. The van der Waals surface area contributed by atoms with Gasteiger partial charge in [0.25, 0.3) is 0 Å². The molecule has 0 fully saturated rings. The second-order valence-corrected chi connectivity index (χ2v) is 3.14. The zero-order valence-electron chi connectivity index (χ0n) is 8.20. The molecule has 15 heavy (non-hydrogen) atoms. The number of rotatable bonds is 4.